The first kappa shape index (κ1) is 19.4. The Morgan fingerprint density at radius 1 is 0.421 bits per heavy atom. The summed E-state index contributed by atoms with van der Waals surface area (Å²) in [5.74, 6) is 0. The summed E-state index contributed by atoms with van der Waals surface area (Å²) in [6.07, 6.45) is 0. The maximum absolute atomic E-state index is 6.91. The van der Waals surface area contributed by atoms with Crippen LogP contribution in [0.2, 0.25) is 20.2 Å². The van der Waals surface area contributed by atoms with Crippen LogP contribution in [0.1, 0.15) is 83.1 Å². The standard InChI is InChI=1S/C16H36OSi2/c1-13(2,3)18(14(4,5)6)17-19(15(7,8)9)16(10,11)12/h1-12H3. The van der Waals surface area contributed by atoms with Crippen molar-refractivity contribution in [1.82, 2.24) is 0 Å². The minimum absolute atomic E-state index is 0.273. The second-order valence-corrected chi connectivity index (χ2v) is 17.9. The number of hydrogen-bond donors (Lipinski definition) is 0. The molecule has 0 unspecified atom stereocenters. The molecule has 0 aromatic rings. The second-order valence-electron chi connectivity index (χ2n) is 9.76. The molecule has 0 atom stereocenters. The van der Waals surface area contributed by atoms with Gasteiger partial charge in [0.2, 0.25) is 18.1 Å². The van der Waals surface area contributed by atoms with E-state index in [1.807, 2.05) is 0 Å². The van der Waals surface area contributed by atoms with E-state index in [2.05, 4.69) is 83.1 Å². The minimum atomic E-state index is -0.894. The second kappa shape index (κ2) is 5.65. The first-order valence-electron chi connectivity index (χ1n) is 7.41. The minimum Gasteiger partial charge on any atom is -0.454 e. The van der Waals surface area contributed by atoms with Gasteiger partial charge in [-0.2, -0.15) is 0 Å². The SMILES string of the molecule is CC(C)(C)[Si](O[Si](C(C)(C)C)C(C)(C)C)C(C)(C)C. The Hall–Kier alpha value is 0.394. The number of hydrogen-bond acceptors (Lipinski definition) is 1. The van der Waals surface area contributed by atoms with Gasteiger partial charge in [0.15, 0.2) is 0 Å². The van der Waals surface area contributed by atoms with Gasteiger partial charge < -0.3 is 4.12 Å². The van der Waals surface area contributed by atoms with Crippen molar-refractivity contribution in [1.29, 1.82) is 0 Å². The Balaban J connectivity index is 5.43. The Kier molecular flexibility index (Phi) is 5.76. The van der Waals surface area contributed by atoms with Crippen LogP contribution in [0.15, 0.2) is 0 Å². The molecule has 0 heterocycles. The molecule has 0 N–H and O–H groups in total. The first-order chi connectivity index (χ1) is 7.97. The highest BCUT2D eigenvalue weighted by Crippen LogP contribution is 2.48. The van der Waals surface area contributed by atoms with Gasteiger partial charge in [-0.15, -0.1) is 0 Å². The van der Waals surface area contributed by atoms with Crippen LogP contribution in [-0.2, 0) is 4.12 Å². The van der Waals surface area contributed by atoms with Crippen molar-refractivity contribution in [2.45, 2.75) is 103 Å². The Morgan fingerprint density at radius 2 is 0.579 bits per heavy atom. The maximum atomic E-state index is 6.91. The highest BCUT2D eigenvalue weighted by Gasteiger charge is 2.47. The lowest BCUT2D eigenvalue weighted by atomic mass is 10.2. The van der Waals surface area contributed by atoms with Gasteiger partial charge in [0.25, 0.3) is 0 Å². The summed E-state index contributed by atoms with van der Waals surface area (Å²) >= 11 is 0. The summed E-state index contributed by atoms with van der Waals surface area (Å²) in [5, 5.41) is 1.09. The highest BCUT2D eigenvalue weighted by molar-refractivity contribution is 6.72. The Morgan fingerprint density at radius 3 is 0.684 bits per heavy atom. The Bertz CT molecular complexity index is 226. The van der Waals surface area contributed by atoms with Gasteiger partial charge in [0.05, 0.1) is 0 Å². The molecule has 0 bridgehead atoms. The van der Waals surface area contributed by atoms with Crippen molar-refractivity contribution >= 4 is 18.1 Å². The van der Waals surface area contributed by atoms with Crippen LogP contribution in [0.5, 0.6) is 0 Å². The normalized spacial score (nSPS) is 15.5. The summed E-state index contributed by atoms with van der Waals surface area (Å²) in [4.78, 5) is 0. The van der Waals surface area contributed by atoms with Gasteiger partial charge in [0.1, 0.15) is 0 Å². The van der Waals surface area contributed by atoms with Crippen LogP contribution in [0.25, 0.3) is 0 Å². The van der Waals surface area contributed by atoms with Crippen molar-refractivity contribution in [3.05, 3.63) is 0 Å². The van der Waals surface area contributed by atoms with Crippen molar-refractivity contribution in [2.24, 2.45) is 0 Å². The molecule has 0 rings (SSSR count). The molecule has 0 amide bonds. The average molecular weight is 301 g/mol. The lowest BCUT2D eigenvalue weighted by Crippen LogP contribution is -2.49. The van der Waals surface area contributed by atoms with Crippen LogP contribution in [0.3, 0.4) is 0 Å². The molecule has 3 heteroatoms. The molecule has 0 aliphatic rings. The van der Waals surface area contributed by atoms with E-state index in [-0.39, 0.29) is 20.2 Å². The van der Waals surface area contributed by atoms with E-state index in [0.717, 1.165) is 0 Å². The fraction of sp³-hybridized carbons (Fsp3) is 1.00. The Labute approximate surface area is 126 Å². The van der Waals surface area contributed by atoms with Crippen molar-refractivity contribution in [3.63, 3.8) is 0 Å². The van der Waals surface area contributed by atoms with Gasteiger partial charge in [-0.25, -0.2) is 0 Å². The maximum Gasteiger partial charge on any atom is 0.209 e. The van der Waals surface area contributed by atoms with E-state index in [1.54, 1.807) is 0 Å². The topological polar surface area (TPSA) is 9.23 Å². The molecular formula is C16H36OSi2. The summed E-state index contributed by atoms with van der Waals surface area (Å²) in [6, 6.07) is 0. The molecule has 0 aromatic heterocycles. The zero-order valence-corrected chi connectivity index (χ0v) is 17.4. The van der Waals surface area contributed by atoms with E-state index in [0.29, 0.717) is 0 Å². The van der Waals surface area contributed by atoms with Crippen LogP contribution in [0.4, 0.5) is 0 Å². The quantitative estimate of drug-likeness (QED) is 0.553. The molecule has 114 valence electrons. The zero-order valence-electron chi connectivity index (χ0n) is 15.4. The lowest BCUT2D eigenvalue weighted by Gasteiger charge is -2.46. The van der Waals surface area contributed by atoms with Crippen molar-refractivity contribution < 1.29 is 4.12 Å². The predicted octanol–water partition coefficient (Wildman–Crippen LogP) is 6.19. The first-order valence-corrected chi connectivity index (χ1v) is 10.2. The van der Waals surface area contributed by atoms with Crippen LogP contribution in [-0.4, -0.2) is 18.1 Å². The molecule has 2 radical (unpaired) electrons. The molecule has 0 saturated heterocycles. The molecule has 1 nitrogen and oxygen atoms in total. The van der Waals surface area contributed by atoms with Gasteiger partial charge >= 0.3 is 0 Å². The molecule has 0 aliphatic heterocycles. The molecule has 0 fully saturated rings. The van der Waals surface area contributed by atoms with Gasteiger partial charge in [-0.3, -0.25) is 0 Å². The van der Waals surface area contributed by atoms with E-state index >= 15 is 0 Å². The largest absolute Gasteiger partial charge is 0.454 e. The molecule has 0 aliphatic carbocycles. The van der Waals surface area contributed by atoms with Crippen molar-refractivity contribution in [3.8, 4) is 0 Å². The molecule has 0 spiro atoms. The zero-order chi connectivity index (χ0) is 15.9. The lowest BCUT2D eigenvalue weighted by molar-refractivity contribution is 0.414. The molecule has 19 heavy (non-hydrogen) atoms. The summed E-state index contributed by atoms with van der Waals surface area (Å²) < 4.78 is 6.91. The fourth-order valence-electron chi connectivity index (χ4n) is 2.96. The van der Waals surface area contributed by atoms with Crippen LogP contribution in [0, 0.1) is 0 Å². The third kappa shape index (κ3) is 6.13. The van der Waals surface area contributed by atoms with E-state index < -0.39 is 18.1 Å². The van der Waals surface area contributed by atoms with Crippen LogP contribution >= 0.6 is 0 Å². The average Bonchev–Trinajstić information content (AvgIpc) is 1.91. The van der Waals surface area contributed by atoms with E-state index in [1.165, 1.54) is 0 Å². The van der Waals surface area contributed by atoms with Gasteiger partial charge in [-0.1, -0.05) is 83.1 Å². The van der Waals surface area contributed by atoms with E-state index in [9.17, 15) is 0 Å². The van der Waals surface area contributed by atoms with E-state index in [4.69, 9.17) is 4.12 Å². The fourth-order valence-corrected chi connectivity index (χ4v) is 13.2. The number of rotatable bonds is 2. The molecular weight excluding hydrogens is 264 g/mol. The highest BCUT2D eigenvalue weighted by atomic mass is 28.4. The summed E-state index contributed by atoms with van der Waals surface area (Å²) in [5.41, 5.74) is 0. The summed E-state index contributed by atoms with van der Waals surface area (Å²) in [6.45, 7) is 28.1. The molecule has 0 aromatic carbocycles. The van der Waals surface area contributed by atoms with Gasteiger partial charge in [-0.05, 0) is 20.2 Å². The smallest absolute Gasteiger partial charge is 0.209 e. The van der Waals surface area contributed by atoms with Crippen LogP contribution < -0.4 is 0 Å². The monoisotopic (exact) mass is 300 g/mol. The summed E-state index contributed by atoms with van der Waals surface area (Å²) in [7, 11) is -1.79. The third-order valence-corrected chi connectivity index (χ3v) is 10.0. The van der Waals surface area contributed by atoms with Gasteiger partial charge in [0, 0.05) is 0 Å². The third-order valence-electron chi connectivity index (χ3n) is 2.93. The van der Waals surface area contributed by atoms with Crippen molar-refractivity contribution in [2.75, 3.05) is 0 Å². The predicted molar refractivity (Wildman–Crippen MR) is 91.5 cm³/mol. The molecule has 0 saturated carbocycles.